The summed E-state index contributed by atoms with van der Waals surface area (Å²) >= 11 is 0. The van der Waals surface area contributed by atoms with Crippen molar-refractivity contribution < 1.29 is 9.18 Å². The molecule has 124 valence electrons. The van der Waals surface area contributed by atoms with Gasteiger partial charge in [-0.25, -0.2) is 9.07 Å². The summed E-state index contributed by atoms with van der Waals surface area (Å²) in [5.74, 6) is -0.777. The minimum atomic E-state index is -0.592. The van der Waals surface area contributed by atoms with Crippen LogP contribution in [0.4, 0.5) is 4.39 Å². The van der Waals surface area contributed by atoms with E-state index < -0.39 is 11.5 Å². The number of aryl methyl sites for hydroxylation is 1. The smallest absolute Gasteiger partial charge is 0.285 e. The lowest BCUT2D eigenvalue weighted by atomic mass is 10.1. The second-order valence-electron chi connectivity index (χ2n) is 5.50. The van der Waals surface area contributed by atoms with E-state index in [4.69, 9.17) is 5.26 Å². The van der Waals surface area contributed by atoms with E-state index in [2.05, 4.69) is 10.4 Å². The van der Waals surface area contributed by atoms with Gasteiger partial charge >= 0.3 is 0 Å². The van der Waals surface area contributed by atoms with E-state index in [1.165, 1.54) is 12.1 Å². The molecule has 7 heteroatoms. The van der Waals surface area contributed by atoms with Crippen molar-refractivity contribution in [2.45, 2.75) is 33.4 Å². The molecule has 1 N–H and O–H groups in total. The molecule has 1 amide bonds. The van der Waals surface area contributed by atoms with Crippen molar-refractivity contribution in [1.29, 1.82) is 5.26 Å². The molecule has 0 spiro atoms. The van der Waals surface area contributed by atoms with Crippen LogP contribution in [0.15, 0.2) is 29.1 Å². The first kappa shape index (κ1) is 17.3. The normalized spacial score (nSPS) is 11.6. The molecule has 0 saturated carbocycles. The van der Waals surface area contributed by atoms with Crippen LogP contribution in [0, 0.1) is 31.0 Å². The van der Waals surface area contributed by atoms with Gasteiger partial charge in [-0.3, -0.25) is 9.59 Å². The summed E-state index contributed by atoms with van der Waals surface area (Å²) < 4.78 is 13.9. The molecular weight excluding hydrogens is 311 g/mol. The van der Waals surface area contributed by atoms with E-state index in [1.807, 2.05) is 6.07 Å². The molecule has 2 aromatic rings. The molecule has 24 heavy (non-hydrogen) atoms. The second-order valence-corrected chi connectivity index (χ2v) is 5.50. The maximum atomic E-state index is 12.9. The fraction of sp³-hybridized carbons (Fsp3) is 0.294. The van der Waals surface area contributed by atoms with Gasteiger partial charge in [-0.1, -0.05) is 12.1 Å². The zero-order valence-electron chi connectivity index (χ0n) is 13.6. The molecule has 0 aliphatic rings. The minimum absolute atomic E-state index is 0.0121. The predicted octanol–water partition coefficient (Wildman–Crippen LogP) is 1.75. The van der Waals surface area contributed by atoms with Gasteiger partial charge in [0.25, 0.3) is 5.56 Å². The average Bonchev–Trinajstić information content (AvgIpc) is 2.53. The Balaban J connectivity index is 2.16. The first-order chi connectivity index (χ1) is 11.3. The highest BCUT2D eigenvalue weighted by molar-refractivity contribution is 5.76. The number of aromatic nitrogens is 2. The van der Waals surface area contributed by atoms with E-state index in [0.717, 1.165) is 10.2 Å². The Morgan fingerprint density at radius 2 is 2.00 bits per heavy atom. The quantitative estimate of drug-likeness (QED) is 0.926. The molecular formula is C17H17FN4O2. The Hall–Kier alpha value is -3.01. The van der Waals surface area contributed by atoms with Gasteiger partial charge in [0, 0.05) is 0 Å². The number of nitriles is 1. The zero-order valence-corrected chi connectivity index (χ0v) is 13.6. The van der Waals surface area contributed by atoms with Crippen LogP contribution in [-0.2, 0) is 11.3 Å². The van der Waals surface area contributed by atoms with Crippen LogP contribution in [0.1, 0.15) is 35.3 Å². The summed E-state index contributed by atoms with van der Waals surface area (Å²) in [7, 11) is 0. The molecule has 0 radical (unpaired) electrons. The third-order valence-corrected chi connectivity index (χ3v) is 3.79. The number of carbonyl (C=O) groups excluding carboxylic acids is 1. The van der Waals surface area contributed by atoms with Crippen LogP contribution in [0.5, 0.6) is 0 Å². The number of hydrogen-bond acceptors (Lipinski definition) is 4. The number of nitrogens with one attached hydrogen (secondary N) is 1. The van der Waals surface area contributed by atoms with Gasteiger partial charge in [-0.05, 0) is 44.0 Å². The number of carbonyl (C=O) groups is 1. The van der Waals surface area contributed by atoms with Gasteiger partial charge in [-0.15, -0.1) is 0 Å². The van der Waals surface area contributed by atoms with Crippen LogP contribution in [0.3, 0.4) is 0 Å². The van der Waals surface area contributed by atoms with Crippen LogP contribution < -0.4 is 10.9 Å². The third kappa shape index (κ3) is 3.66. The van der Waals surface area contributed by atoms with Crippen LogP contribution in [0.25, 0.3) is 0 Å². The van der Waals surface area contributed by atoms with Gasteiger partial charge in [-0.2, -0.15) is 10.4 Å². The Labute approximate surface area is 138 Å². The SMILES string of the molecule is Cc1nn(CC(=O)NC(C)c2ccc(F)cc2)c(=O)c(C#N)c1C. The van der Waals surface area contributed by atoms with E-state index in [0.29, 0.717) is 11.3 Å². The minimum Gasteiger partial charge on any atom is -0.348 e. The summed E-state index contributed by atoms with van der Waals surface area (Å²) in [4.78, 5) is 24.3. The van der Waals surface area contributed by atoms with Crippen molar-refractivity contribution in [3.8, 4) is 6.07 Å². The molecule has 0 fully saturated rings. The topological polar surface area (TPSA) is 87.8 Å². The van der Waals surface area contributed by atoms with Gasteiger partial charge in [0.05, 0.1) is 11.7 Å². The largest absolute Gasteiger partial charge is 0.348 e. The maximum Gasteiger partial charge on any atom is 0.285 e. The molecule has 0 aliphatic heterocycles. The Bertz CT molecular complexity index is 866. The molecule has 1 aromatic heterocycles. The average molecular weight is 328 g/mol. The monoisotopic (exact) mass is 328 g/mol. The summed E-state index contributed by atoms with van der Waals surface area (Å²) in [6.07, 6.45) is 0. The lowest BCUT2D eigenvalue weighted by molar-refractivity contribution is -0.122. The number of nitrogens with zero attached hydrogens (tertiary/aromatic N) is 3. The number of benzene rings is 1. The molecule has 2 rings (SSSR count). The van der Waals surface area contributed by atoms with Gasteiger partial charge < -0.3 is 5.32 Å². The summed E-state index contributed by atoms with van der Waals surface area (Å²) in [6, 6.07) is 7.28. The molecule has 0 aliphatic carbocycles. The van der Waals surface area contributed by atoms with Crippen molar-refractivity contribution in [3.63, 3.8) is 0 Å². The van der Waals surface area contributed by atoms with Crippen molar-refractivity contribution in [2.75, 3.05) is 0 Å². The maximum absolute atomic E-state index is 12.9. The Morgan fingerprint density at radius 3 is 2.58 bits per heavy atom. The Morgan fingerprint density at radius 1 is 1.38 bits per heavy atom. The number of hydrogen-bond donors (Lipinski definition) is 1. The molecule has 0 bridgehead atoms. The molecule has 1 atom stereocenters. The van der Waals surface area contributed by atoms with E-state index in [-0.39, 0.29) is 24.0 Å². The van der Waals surface area contributed by atoms with Crippen LogP contribution >= 0.6 is 0 Å². The molecule has 1 heterocycles. The second kappa shape index (κ2) is 7.04. The van der Waals surface area contributed by atoms with Crippen molar-refractivity contribution >= 4 is 5.91 Å². The standard InChI is InChI=1S/C17H17FN4O2/c1-10-11(2)21-22(17(24)15(10)8-19)9-16(23)20-12(3)13-4-6-14(18)7-5-13/h4-7,12H,9H2,1-3H3,(H,20,23). The zero-order chi connectivity index (χ0) is 17.9. The summed E-state index contributed by atoms with van der Waals surface area (Å²) in [5.41, 5.74) is 1.17. The number of rotatable bonds is 4. The van der Waals surface area contributed by atoms with Crippen molar-refractivity contribution in [1.82, 2.24) is 15.1 Å². The van der Waals surface area contributed by atoms with Crippen molar-refractivity contribution in [2.24, 2.45) is 0 Å². The third-order valence-electron chi connectivity index (χ3n) is 3.79. The van der Waals surface area contributed by atoms with Gasteiger partial charge in [0.15, 0.2) is 0 Å². The van der Waals surface area contributed by atoms with E-state index in [9.17, 15) is 14.0 Å². The van der Waals surface area contributed by atoms with Crippen LogP contribution in [0.2, 0.25) is 0 Å². The summed E-state index contributed by atoms with van der Waals surface area (Å²) in [5, 5.41) is 15.9. The molecule has 1 aromatic carbocycles. The Kier molecular flexibility index (Phi) is 5.09. The van der Waals surface area contributed by atoms with Crippen LogP contribution in [-0.4, -0.2) is 15.7 Å². The van der Waals surface area contributed by atoms with Crippen molar-refractivity contribution in [3.05, 3.63) is 62.8 Å². The van der Waals surface area contributed by atoms with Gasteiger partial charge in [0.1, 0.15) is 24.0 Å². The molecule has 6 nitrogen and oxygen atoms in total. The lowest BCUT2D eigenvalue weighted by Crippen LogP contribution is -2.36. The van der Waals surface area contributed by atoms with Gasteiger partial charge in [0.2, 0.25) is 5.91 Å². The fourth-order valence-electron chi connectivity index (χ4n) is 2.27. The van der Waals surface area contributed by atoms with E-state index >= 15 is 0 Å². The predicted molar refractivity (Wildman–Crippen MR) is 85.6 cm³/mol. The molecule has 1 unspecified atom stereocenters. The number of halogens is 1. The van der Waals surface area contributed by atoms with E-state index in [1.54, 1.807) is 32.9 Å². The highest BCUT2D eigenvalue weighted by Gasteiger charge is 2.15. The highest BCUT2D eigenvalue weighted by Crippen LogP contribution is 2.12. The lowest BCUT2D eigenvalue weighted by Gasteiger charge is -2.15. The summed E-state index contributed by atoms with van der Waals surface area (Å²) in [6.45, 7) is 4.77. The first-order valence-corrected chi connectivity index (χ1v) is 7.36. The number of amides is 1. The molecule has 0 saturated heterocycles. The fourth-order valence-corrected chi connectivity index (χ4v) is 2.27. The first-order valence-electron chi connectivity index (χ1n) is 7.36. The highest BCUT2D eigenvalue weighted by atomic mass is 19.1.